The molecule has 0 bridgehead atoms. The number of hydrogen-bond donors (Lipinski definition) is 1. The first-order valence-corrected chi connectivity index (χ1v) is 3.45. The second kappa shape index (κ2) is 4.95. The zero-order valence-corrected chi connectivity index (χ0v) is 7.82. The molecule has 1 rings (SSSR count). The average Bonchev–Trinajstić information content (AvgIpc) is 2.05. The third kappa shape index (κ3) is 2.68. The minimum atomic E-state index is -0.962. The first kappa shape index (κ1) is 11.2. The van der Waals surface area contributed by atoms with Gasteiger partial charge in [-0.2, -0.15) is 13.5 Å². The third-order valence-corrected chi connectivity index (χ3v) is 1.50. The highest BCUT2D eigenvalue weighted by molar-refractivity contribution is 7.59. The zero-order valence-electron chi connectivity index (χ0n) is 6.82. The highest BCUT2D eigenvalue weighted by atomic mass is 32.1. The maximum atomic E-state index is 10.7. The van der Waals surface area contributed by atoms with Crippen LogP contribution in [0.2, 0.25) is 0 Å². The van der Waals surface area contributed by atoms with Crippen molar-refractivity contribution in [1.29, 1.82) is 0 Å². The molecule has 0 saturated carbocycles. The van der Waals surface area contributed by atoms with Gasteiger partial charge in [0.1, 0.15) is 6.10 Å². The van der Waals surface area contributed by atoms with Crippen LogP contribution in [-0.4, -0.2) is 10.9 Å². The molecule has 0 aliphatic carbocycles. The molecule has 0 heterocycles. The lowest BCUT2D eigenvalue weighted by atomic mass is 10.1. The lowest BCUT2D eigenvalue weighted by molar-refractivity contribution is -0.125. The first-order chi connectivity index (χ1) is 5.22. The number of benzene rings is 1. The van der Waals surface area contributed by atoms with E-state index in [0.29, 0.717) is 5.56 Å². The Hall–Kier alpha value is -0.800. The molecule has 1 aromatic carbocycles. The fourth-order valence-corrected chi connectivity index (χ4v) is 0.870. The Morgan fingerprint density at radius 2 is 1.83 bits per heavy atom. The topological polar surface area (TPSA) is 37.3 Å². The maximum Gasteiger partial charge on any atom is 0.162 e. The molecule has 2 nitrogen and oxygen atoms in total. The molecule has 1 N–H and O–H groups in total. The van der Waals surface area contributed by atoms with Gasteiger partial charge in [-0.25, -0.2) is 0 Å². The van der Waals surface area contributed by atoms with Crippen molar-refractivity contribution in [3.05, 3.63) is 35.9 Å². The second-order valence-corrected chi connectivity index (χ2v) is 2.42. The predicted octanol–water partition coefficient (Wildman–Crippen LogP) is 1.42. The van der Waals surface area contributed by atoms with Crippen molar-refractivity contribution < 1.29 is 9.90 Å². The number of aliphatic hydroxyl groups is 1. The van der Waals surface area contributed by atoms with Gasteiger partial charge in [0.05, 0.1) is 0 Å². The van der Waals surface area contributed by atoms with Crippen molar-refractivity contribution in [3.63, 3.8) is 0 Å². The Morgan fingerprint density at radius 1 is 1.33 bits per heavy atom. The molecule has 12 heavy (non-hydrogen) atoms. The van der Waals surface area contributed by atoms with E-state index in [0.717, 1.165) is 0 Å². The summed E-state index contributed by atoms with van der Waals surface area (Å²) in [5.74, 6) is -0.226. The molecular weight excluding hydrogens is 172 g/mol. The van der Waals surface area contributed by atoms with Crippen LogP contribution in [0, 0.1) is 0 Å². The number of aliphatic hydroxyl groups excluding tert-OH is 1. The number of rotatable bonds is 2. The van der Waals surface area contributed by atoms with Crippen molar-refractivity contribution in [2.45, 2.75) is 13.0 Å². The Balaban J connectivity index is 0.00000121. The fourth-order valence-electron chi connectivity index (χ4n) is 0.870. The quantitative estimate of drug-likeness (QED) is 0.754. The van der Waals surface area contributed by atoms with E-state index in [4.69, 9.17) is 0 Å². The number of carbonyl (C=O) groups is 1. The van der Waals surface area contributed by atoms with E-state index in [1.807, 2.05) is 6.07 Å². The molecule has 0 unspecified atom stereocenters. The summed E-state index contributed by atoms with van der Waals surface area (Å²) < 4.78 is 0. The maximum absolute atomic E-state index is 10.7. The van der Waals surface area contributed by atoms with E-state index in [1.54, 1.807) is 24.3 Å². The van der Waals surface area contributed by atoms with E-state index < -0.39 is 6.10 Å². The Kier molecular flexibility index (Phi) is 4.62. The Bertz CT molecular complexity index is 246. The number of Topliss-reactive ketones (excluding diaryl/α,β-unsaturated/α-hetero) is 1. The lowest BCUT2D eigenvalue weighted by Gasteiger charge is -2.04. The summed E-state index contributed by atoms with van der Waals surface area (Å²) in [6.45, 7) is 1.37. The minimum absolute atomic E-state index is 0. The summed E-state index contributed by atoms with van der Waals surface area (Å²) in [5.41, 5.74) is 0.653. The van der Waals surface area contributed by atoms with Crippen molar-refractivity contribution in [2.24, 2.45) is 0 Å². The standard InChI is InChI=1S/C9H10O2.H2S/c1-7(10)9(11)8-5-3-2-4-6-8;/h2-6,9,11H,1H3;1H2/t9-;/m1./s1. The van der Waals surface area contributed by atoms with Gasteiger partial charge in [-0.3, -0.25) is 4.79 Å². The second-order valence-electron chi connectivity index (χ2n) is 2.42. The van der Waals surface area contributed by atoms with Gasteiger partial charge in [-0.1, -0.05) is 30.3 Å². The van der Waals surface area contributed by atoms with Crippen LogP contribution in [0.1, 0.15) is 18.6 Å². The van der Waals surface area contributed by atoms with Crippen molar-refractivity contribution in [2.75, 3.05) is 0 Å². The Morgan fingerprint density at radius 3 is 2.25 bits per heavy atom. The van der Waals surface area contributed by atoms with Crippen LogP contribution in [0.25, 0.3) is 0 Å². The summed E-state index contributed by atoms with van der Waals surface area (Å²) in [4.78, 5) is 10.7. The van der Waals surface area contributed by atoms with E-state index >= 15 is 0 Å². The van der Waals surface area contributed by atoms with Gasteiger partial charge in [0, 0.05) is 0 Å². The van der Waals surface area contributed by atoms with Gasteiger partial charge in [0.25, 0.3) is 0 Å². The molecule has 1 atom stereocenters. The van der Waals surface area contributed by atoms with Crippen LogP contribution in [-0.2, 0) is 4.79 Å². The first-order valence-electron chi connectivity index (χ1n) is 3.45. The number of hydrogen-bond acceptors (Lipinski definition) is 2. The van der Waals surface area contributed by atoms with E-state index in [9.17, 15) is 9.90 Å². The highest BCUT2D eigenvalue weighted by Gasteiger charge is 2.10. The van der Waals surface area contributed by atoms with Gasteiger partial charge in [0.2, 0.25) is 0 Å². The fraction of sp³-hybridized carbons (Fsp3) is 0.222. The Labute approximate surface area is 78.7 Å². The van der Waals surface area contributed by atoms with Gasteiger partial charge in [-0.05, 0) is 12.5 Å². The minimum Gasteiger partial charge on any atom is -0.381 e. The highest BCUT2D eigenvalue weighted by Crippen LogP contribution is 2.11. The molecule has 66 valence electrons. The smallest absolute Gasteiger partial charge is 0.162 e. The van der Waals surface area contributed by atoms with Crippen LogP contribution < -0.4 is 0 Å². The molecule has 0 aliphatic heterocycles. The van der Waals surface area contributed by atoms with Crippen LogP contribution in [0.15, 0.2) is 30.3 Å². The summed E-state index contributed by atoms with van der Waals surface area (Å²) >= 11 is 0. The van der Waals surface area contributed by atoms with Crippen LogP contribution >= 0.6 is 13.5 Å². The van der Waals surface area contributed by atoms with Crippen LogP contribution in [0.5, 0.6) is 0 Å². The SMILES string of the molecule is CC(=O)[C@@H](O)c1ccccc1.S. The van der Waals surface area contributed by atoms with Gasteiger partial charge < -0.3 is 5.11 Å². The summed E-state index contributed by atoms with van der Waals surface area (Å²) in [6.07, 6.45) is -0.962. The molecular formula is C9H12O2S. The molecule has 0 saturated heterocycles. The molecule has 0 amide bonds. The van der Waals surface area contributed by atoms with Crippen LogP contribution in [0.4, 0.5) is 0 Å². The van der Waals surface area contributed by atoms with Gasteiger partial charge in [-0.15, -0.1) is 0 Å². The van der Waals surface area contributed by atoms with Gasteiger partial charge in [0.15, 0.2) is 5.78 Å². The molecule has 0 radical (unpaired) electrons. The molecule has 0 spiro atoms. The molecule has 3 heteroatoms. The zero-order chi connectivity index (χ0) is 8.27. The number of carbonyl (C=O) groups excluding carboxylic acids is 1. The molecule has 0 aromatic heterocycles. The van der Waals surface area contributed by atoms with Crippen molar-refractivity contribution in [3.8, 4) is 0 Å². The number of ketones is 1. The van der Waals surface area contributed by atoms with E-state index in [-0.39, 0.29) is 19.3 Å². The van der Waals surface area contributed by atoms with Crippen molar-refractivity contribution >= 4 is 19.3 Å². The lowest BCUT2D eigenvalue weighted by Crippen LogP contribution is -2.06. The normalized spacial score (nSPS) is 11.5. The molecule has 1 aromatic rings. The monoisotopic (exact) mass is 184 g/mol. The van der Waals surface area contributed by atoms with Crippen LogP contribution in [0.3, 0.4) is 0 Å². The predicted molar refractivity (Wildman–Crippen MR) is 52.5 cm³/mol. The summed E-state index contributed by atoms with van der Waals surface area (Å²) in [5, 5.41) is 9.25. The molecule has 0 fully saturated rings. The third-order valence-electron chi connectivity index (χ3n) is 1.50. The summed E-state index contributed by atoms with van der Waals surface area (Å²) in [7, 11) is 0. The average molecular weight is 184 g/mol. The van der Waals surface area contributed by atoms with E-state index in [2.05, 4.69) is 0 Å². The molecule has 0 aliphatic rings. The van der Waals surface area contributed by atoms with Gasteiger partial charge >= 0.3 is 0 Å². The van der Waals surface area contributed by atoms with Crippen molar-refractivity contribution in [1.82, 2.24) is 0 Å². The summed E-state index contributed by atoms with van der Waals surface area (Å²) in [6, 6.07) is 8.89. The van der Waals surface area contributed by atoms with E-state index in [1.165, 1.54) is 6.92 Å². The largest absolute Gasteiger partial charge is 0.381 e.